The van der Waals surface area contributed by atoms with Gasteiger partial charge >= 0.3 is 12.2 Å². The lowest BCUT2D eigenvalue weighted by Gasteiger charge is -2.17. The Morgan fingerprint density at radius 2 is 1.88 bits per heavy atom. The number of nitrogens with zero attached hydrogens (tertiary/aromatic N) is 4. The number of aromatic amines is 1. The molecule has 0 radical (unpaired) electrons. The van der Waals surface area contributed by atoms with Crippen molar-refractivity contribution in [3.8, 4) is 11.8 Å². The highest BCUT2D eigenvalue weighted by molar-refractivity contribution is 6.00. The summed E-state index contributed by atoms with van der Waals surface area (Å²) in [5.74, 6) is 6.05. The summed E-state index contributed by atoms with van der Waals surface area (Å²) in [7, 11) is 3.63. The number of likely N-dealkylation sites (N-methyl/N-ethyl adjacent to an activating group) is 2. The number of hydrogen-bond acceptors (Lipinski definition) is 6. The monoisotopic (exact) mass is 596 g/mol. The predicted molar refractivity (Wildman–Crippen MR) is 156 cm³/mol. The molecule has 0 bridgehead atoms. The fourth-order valence-electron chi connectivity index (χ4n) is 5.03. The number of halogens is 4. The third-order valence-electron chi connectivity index (χ3n) is 7.43. The first-order valence-electron chi connectivity index (χ1n) is 13.8. The highest BCUT2D eigenvalue weighted by Crippen LogP contribution is 2.28. The Kier molecular flexibility index (Phi) is 8.70. The number of amidine groups is 1. The first kappa shape index (κ1) is 30.1. The van der Waals surface area contributed by atoms with E-state index in [2.05, 4.69) is 47.7 Å². The number of rotatable bonds is 6. The van der Waals surface area contributed by atoms with E-state index in [1.165, 1.54) is 6.07 Å². The minimum Gasteiger partial charge on any atom is -0.354 e. The number of urea groups is 1. The number of carbonyl (C=O) groups excluding carboxylic acids is 1. The third-order valence-corrected chi connectivity index (χ3v) is 7.43. The lowest BCUT2D eigenvalue weighted by Crippen LogP contribution is -2.29. The van der Waals surface area contributed by atoms with Crippen LogP contribution in [0.25, 0.3) is 0 Å². The van der Waals surface area contributed by atoms with E-state index in [1.54, 1.807) is 36.2 Å². The first-order valence-corrected chi connectivity index (χ1v) is 13.8. The molecular weight excluding hydrogens is 564 g/mol. The molecule has 0 aliphatic carbocycles. The number of imidazole rings is 1. The summed E-state index contributed by atoms with van der Waals surface area (Å²) in [6, 6.07) is 9.33. The van der Waals surface area contributed by atoms with Crippen LogP contribution >= 0.6 is 0 Å². The smallest absolute Gasteiger partial charge is 0.354 e. The van der Waals surface area contributed by atoms with E-state index < -0.39 is 23.9 Å². The molecule has 2 aromatic carbocycles. The van der Waals surface area contributed by atoms with E-state index in [0.29, 0.717) is 47.5 Å². The predicted octanol–water partition coefficient (Wildman–Crippen LogP) is 4.43. The van der Waals surface area contributed by atoms with E-state index in [9.17, 15) is 22.4 Å². The Balaban J connectivity index is 1.20. The normalized spacial score (nSPS) is 18.8. The maximum Gasteiger partial charge on any atom is 0.432 e. The number of alkyl halides is 3. The molecule has 0 spiro atoms. The lowest BCUT2D eigenvalue weighted by molar-refractivity contribution is -0.140. The summed E-state index contributed by atoms with van der Waals surface area (Å²) in [6.45, 7) is 4.53. The van der Waals surface area contributed by atoms with Crippen molar-refractivity contribution in [1.29, 1.82) is 0 Å². The minimum absolute atomic E-state index is 0.0243. The van der Waals surface area contributed by atoms with Crippen LogP contribution in [0.5, 0.6) is 0 Å². The molecule has 1 aromatic heterocycles. The molecule has 2 aliphatic heterocycles. The van der Waals surface area contributed by atoms with Crippen molar-refractivity contribution in [2.24, 2.45) is 4.99 Å². The first-order chi connectivity index (χ1) is 20.5. The van der Waals surface area contributed by atoms with E-state index in [1.807, 2.05) is 20.0 Å². The van der Waals surface area contributed by atoms with Crippen LogP contribution in [0.3, 0.4) is 0 Å². The zero-order valence-electron chi connectivity index (χ0n) is 23.9. The highest BCUT2D eigenvalue weighted by atomic mass is 19.4. The van der Waals surface area contributed by atoms with Crippen LogP contribution in [-0.2, 0) is 12.7 Å². The third kappa shape index (κ3) is 7.33. The van der Waals surface area contributed by atoms with Crippen molar-refractivity contribution in [2.75, 3.05) is 44.4 Å². The van der Waals surface area contributed by atoms with Crippen LogP contribution in [0.1, 0.15) is 34.6 Å². The fraction of sp³-hybridized carbons (Fsp3) is 0.367. The van der Waals surface area contributed by atoms with E-state index in [-0.39, 0.29) is 11.6 Å². The van der Waals surface area contributed by atoms with Crippen LogP contribution < -0.4 is 16.0 Å². The standard InChI is InChI=1S/C30H32F4N8O/c1-18-4-7-21(38-29(43)39-22-8-6-20(25(31)13-22)15-42-11-10-23(17-42)35-2)12-19(18)5-9-24-16-41(3)28(37-24)27-36-14-26(40-27)30(32,33)34/h4,6-8,12-14,23-24,35H,10-11,15-17H2,1-3H3,(H,36,40)(H2,38,39,43). The number of anilines is 2. The molecule has 2 amide bonds. The van der Waals surface area contributed by atoms with Crippen molar-refractivity contribution in [2.45, 2.75) is 38.1 Å². The Hall–Kier alpha value is -4.41. The van der Waals surface area contributed by atoms with Crippen LogP contribution in [0.4, 0.5) is 33.7 Å². The molecule has 3 heterocycles. The van der Waals surface area contributed by atoms with Gasteiger partial charge in [-0.25, -0.2) is 19.2 Å². The van der Waals surface area contributed by atoms with E-state index >= 15 is 0 Å². The molecule has 13 heteroatoms. The number of aliphatic imine (C=N–C) groups is 1. The number of amides is 2. The molecular formula is C30H32F4N8O. The van der Waals surface area contributed by atoms with Gasteiger partial charge in [-0.05, 0) is 50.2 Å². The molecule has 1 fully saturated rings. The Bertz CT molecular complexity index is 1590. The fourth-order valence-corrected chi connectivity index (χ4v) is 5.03. The molecule has 4 N–H and O–H groups in total. The molecule has 43 heavy (non-hydrogen) atoms. The molecule has 0 saturated carbocycles. The zero-order valence-corrected chi connectivity index (χ0v) is 23.9. The van der Waals surface area contributed by atoms with Crippen molar-refractivity contribution in [1.82, 2.24) is 25.1 Å². The molecule has 1 saturated heterocycles. The van der Waals surface area contributed by atoms with Gasteiger partial charge in [0.05, 0.1) is 12.7 Å². The summed E-state index contributed by atoms with van der Waals surface area (Å²) in [4.78, 5) is 27.1. The summed E-state index contributed by atoms with van der Waals surface area (Å²) in [5.41, 5.74) is 1.97. The maximum absolute atomic E-state index is 14.8. The maximum atomic E-state index is 14.8. The molecule has 226 valence electrons. The number of benzene rings is 2. The number of likely N-dealkylation sites (tertiary alicyclic amines) is 1. The summed E-state index contributed by atoms with van der Waals surface area (Å²) in [6.07, 6.45) is -2.76. The van der Waals surface area contributed by atoms with Gasteiger partial charge in [-0.2, -0.15) is 13.2 Å². The summed E-state index contributed by atoms with van der Waals surface area (Å²) in [5, 5.41) is 8.66. The van der Waals surface area contributed by atoms with E-state index in [4.69, 9.17) is 0 Å². The molecule has 2 atom stereocenters. The van der Waals surface area contributed by atoms with Crippen molar-refractivity contribution < 1.29 is 22.4 Å². The van der Waals surface area contributed by atoms with Crippen LogP contribution in [0.2, 0.25) is 0 Å². The van der Waals surface area contributed by atoms with Crippen LogP contribution in [0, 0.1) is 24.6 Å². The lowest BCUT2D eigenvalue weighted by atomic mass is 10.1. The number of nitrogens with one attached hydrogen (secondary N) is 4. The summed E-state index contributed by atoms with van der Waals surface area (Å²) >= 11 is 0. The van der Waals surface area contributed by atoms with Gasteiger partial charge in [0.25, 0.3) is 0 Å². The Labute approximate surface area is 246 Å². The Morgan fingerprint density at radius 3 is 2.56 bits per heavy atom. The van der Waals surface area contributed by atoms with Crippen molar-refractivity contribution in [3.63, 3.8) is 0 Å². The number of aryl methyl sites for hydroxylation is 1. The SMILES string of the molecule is CNC1CCN(Cc2ccc(NC(=O)Nc3ccc(C)c(C#CC4CN(C)C(c5ncc(C(F)(F)F)[nH]5)=N4)c3)cc2F)C1. The average Bonchev–Trinajstić information content (AvgIpc) is 3.70. The largest absolute Gasteiger partial charge is 0.432 e. The van der Waals surface area contributed by atoms with Gasteiger partial charge in [0, 0.05) is 55.2 Å². The quantitative estimate of drug-likeness (QED) is 0.249. The van der Waals surface area contributed by atoms with Gasteiger partial charge in [-0.15, -0.1) is 0 Å². The number of carbonyl (C=O) groups is 1. The minimum atomic E-state index is -4.53. The Morgan fingerprint density at radius 1 is 1.14 bits per heavy atom. The molecule has 5 rings (SSSR count). The van der Waals surface area contributed by atoms with Gasteiger partial charge < -0.3 is 25.8 Å². The second-order valence-corrected chi connectivity index (χ2v) is 10.7. The van der Waals surface area contributed by atoms with Gasteiger partial charge in [-0.3, -0.25) is 4.90 Å². The van der Waals surface area contributed by atoms with Gasteiger partial charge in [0.15, 0.2) is 11.7 Å². The number of hydrogen-bond donors (Lipinski definition) is 4. The van der Waals surface area contributed by atoms with Crippen molar-refractivity contribution in [3.05, 3.63) is 76.6 Å². The molecule has 3 aromatic rings. The summed E-state index contributed by atoms with van der Waals surface area (Å²) < 4.78 is 53.6. The highest BCUT2D eigenvalue weighted by Gasteiger charge is 2.34. The van der Waals surface area contributed by atoms with Gasteiger partial charge in [0.2, 0.25) is 0 Å². The zero-order chi connectivity index (χ0) is 30.7. The van der Waals surface area contributed by atoms with Crippen molar-refractivity contribution >= 4 is 23.2 Å². The molecule has 2 unspecified atom stereocenters. The van der Waals surface area contributed by atoms with Gasteiger partial charge in [-0.1, -0.05) is 24.0 Å². The second kappa shape index (κ2) is 12.4. The number of aromatic nitrogens is 2. The van der Waals surface area contributed by atoms with Crippen LogP contribution in [-0.4, -0.2) is 77.4 Å². The number of H-pyrrole nitrogens is 1. The topological polar surface area (TPSA) is 101 Å². The van der Waals surface area contributed by atoms with Crippen LogP contribution in [0.15, 0.2) is 47.6 Å². The average molecular weight is 597 g/mol. The second-order valence-electron chi connectivity index (χ2n) is 10.7. The van der Waals surface area contributed by atoms with Gasteiger partial charge in [0.1, 0.15) is 17.6 Å². The van der Waals surface area contributed by atoms with E-state index in [0.717, 1.165) is 31.3 Å². The molecule has 2 aliphatic rings. The molecule has 9 nitrogen and oxygen atoms in total.